The van der Waals surface area contributed by atoms with Gasteiger partial charge in [0.15, 0.2) is 11.6 Å². The van der Waals surface area contributed by atoms with Crippen LogP contribution < -0.4 is 20.8 Å². The maximum atomic E-state index is 13.2. The van der Waals surface area contributed by atoms with Gasteiger partial charge in [0.1, 0.15) is 11.8 Å². The first-order valence-electron chi connectivity index (χ1n) is 8.52. The number of halogens is 2. The summed E-state index contributed by atoms with van der Waals surface area (Å²) >= 11 is 0. The topological polar surface area (TPSA) is 104 Å². The average Bonchev–Trinajstić information content (AvgIpc) is 3.04. The average molecular weight is 401 g/mol. The SMILES string of the molecule is COc1ccccc1C=NNC1=NC(CC(=O)Nc2ccc(F)c(F)c2)C(=O)N1. The number of nitrogens with zero attached hydrogens (tertiary/aromatic N) is 2. The van der Waals surface area contributed by atoms with E-state index in [2.05, 4.69) is 26.2 Å². The monoisotopic (exact) mass is 401 g/mol. The number of hydrogen-bond donors (Lipinski definition) is 3. The summed E-state index contributed by atoms with van der Waals surface area (Å²) in [6.07, 6.45) is 1.23. The number of carbonyl (C=O) groups excluding carboxylic acids is 2. The number of carbonyl (C=O) groups is 2. The van der Waals surface area contributed by atoms with Crippen LogP contribution in [0.2, 0.25) is 0 Å². The fourth-order valence-electron chi connectivity index (χ4n) is 2.54. The second-order valence-corrected chi connectivity index (χ2v) is 5.98. The van der Waals surface area contributed by atoms with Crippen LogP contribution in [0, 0.1) is 11.6 Å². The Morgan fingerprint density at radius 1 is 1.28 bits per heavy atom. The minimum absolute atomic E-state index is 0.0797. The van der Waals surface area contributed by atoms with E-state index < -0.39 is 29.5 Å². The number of benzene rings is 2. The molecule has 2 aromatic carbocycles. The molecule has 0 aromatic heterocycles. The van der Waals surface area contributed by atoms with Crippen LogP contribution in [0.25, 0.3) is 0 Å². The summed E-state index contributed by atoms with van der Waals surface area (Å²) in [6, 6.07) is 9.21. The largest absolute Gasteiger partial charge is 0.496 e. The first-order valence-corrected chi connectivity index (χ1v) is 8.52. The summed E-state index contributed by atoms with van der Waals surface area (Å²) in [5, 5.41) is 8.85. The number of guanidine groups is 1. The van der Waals surface area contributed by atoms with Crippen molar-refractivity contribution in [2.45, 2.75) is 12.5 Å². The minimum Gasteiger partial charge on any atom is -0.496 e. The molecule has 1 unspecified atom stereocenters. The molecule has 0 aliphatic carbocycles. The van der Waals surface area contributed by atoms with Gasteiger partial charge in [-0.05, 0) is 24.3 Å². The molecule has 3 N–H and O–H groups in total. The summed E-state index contributed by atoms with van der Waals surface area (Å²) in [4.78, 5) is 28.1. The van der Waals surface area contributed by atoms with E-state index in [1.165, 1.54) is 19.4 Å². The van der Waals surface area contributed by atoms with E-state index in [1.54, 1.807) is 12.1 Å². The summed E-state index contributed by atoms with van der Waals surface area (Å²) in [7, 11) is 1.54. The lowest BCUT2D eigenvalue weighted by Crippen LogP contribution is -2.35. The molecular weight excluding hydrogens is 384 g/mol. The smallest absolute Gasteiger partial charge is 0.252 e. The van der Waals surface area contributed by atoms with Gasteiger partial charge < -0.3 is 10.1 Å². The first-order chi connectivity index (χ1) is 14.0. The highest BCUT2D eigenvalue weighted by atomic mass is 19.2. The van der Waals surface area contributed by atoms with E-state index in [9.17, 15) is 18.4 Å². The third-order valence-electron chi connectivity index (χ3n) is 3.92. The second kappa shape index (κ2) is 8.91. The van der Waals surface area contributed by atoms with E-state index in [0.29, 0.717) is 5.75 Å². The number of anilines is 1. The van der Waals surface area contributed by atoms with Crippen LogP contribution in [0.4, 0.5) is 14.5 Å². The molecule has 2 aromatic rings. The Hall–Kier alpha value is -3.82. The zero-order valence-electron chi connectivity index (χ0n) is 15.3. The van der Waals surface area contributed by atoms with Gasteiger partial charge in [-0.1, -0.05) is 12.1 Å². The standard InChI is InChI=1S/C19H17F2N5O3/c1-29-16-5-3-2-4-11(16)10-22-26-19-24-15(18(28)25-19)9-17(27)23-12-6-7-13(20)14(21)8-12/h2-8,10,15H,9H2,1H3,(H,23,27)(H2,24,25,26,28). The lowest BCUT2D eigenvalue weighted by Gasteiger charge is -2.07. The Balaban J connectivity index is 1.57. The molecule has 1 atom stereocenters. The van der Waals surface area contributed by atoms with Crippen molar-refractivity contribution in [1.82, 2.24) is 10.7 Å². The molecule has 1 aliphatic rings. The van der Waals surface area contributed by atoms with Crippen molar-refractivity contribution in [3.05, 3.63) is 59.7 Å². The van der Waals surface area contributed by atoms with Gasteiger partial charge >= 0.3 is 0 Å². The molecule has 1 heterocycles. The number of methoxy groups -OCH3 is 1. The van der Waals surface area contributed by atoms with Gasteiger partial charge in [0.2, 0.25) is 11.9 Å². The van der Waals surface area contributed by atoms with Gasteiger partial charge in [-0.3, -0.25) is 14.9 Å². The number of nitrogens with one attached hydrogen (secondary N) is 3. The van der Waals surface area contributed by atoms with Gasteiger partial charge in [-0.15, -0.1) is 0 Å². The molecule has 0 saturated heterocycles. The Bertz CT molecular complexity index is 994. The third-order valence-corrected chi connectivity index (χ3v) is 3.92. The van der Waals surface area contributed by atoms with E-state index in [4.69, 9.17) is 4.74 Å². The Morgan fingerprint density at radius 3 is 2.83 bits per heavy atom. The summed E-state index contributed by atoms with van der Waals surface area (Å²) < 4.78 is 31.3. The Kier molecular flexibility index (Phi) is 6.12. The van der Waals surface area contributed by atoms with E-state index >= 15 is 0 Å². The lowest BCUT2D eigenvalue weighted by atomic mass is 10.2. The quantitative estimate of drug-likeness (QED) is 0.507. The Morgan fingerprint density at radius 2 is 2.07 bits per heavy atom. The summed E-state index contributed by atoms with van der Waals surface area (Å²) in [6.45, 7) is 0. The normalized spacial score (nSPS) is 15.8. The molecule has 0 fully saturated rings. The molecule has 0 spiro atoms. The van der Waals surface area contributed by atoms with Gasteiger partial charge in [-0.2, -0.15) is 5.10 Å². The van der Waals surface area contributed by atoms with Crippen molar-refractivity contribution in [1.29, 1.82) is 0 Å². The van der Waals surface area contributed by atoms with E-state index in [0.717, 1.165) is 17.7 Å². The van der Waals surface area contributed by atoms with Crippen LogP contribution in [0.1, 0.15) is 12.0 Å². The van der Waals surface area contributed by atoms with Crippen LogP contribution in [0.3, 0.4) is 0 Å². The predicted molar refractivity (Wildman–Crippen MR) is 103 cm³/mol. The van der Waals surface area contributed by atoms with Gasteiger partial charge in [0.25, 0.3) is 5.91 Å². The first kappa shape index (κ1) is 19.9. The molecule has 8 nitrogen and oxygen atoms in total. The summed E-state index contributed by atoms with van der Waals surface area (Å²) in [5.41, 5.74) is 3.38. The predicted octanol–water partition coefficient (Wildman–Crippen LogP) is 1.78. The molecule has 150 valence electrons. The van der Waals surface area contributed by atoms with E-state index in [-0.39, 0.29) is 18.1 Å². The zero-order valence-corrected chi connectivity index (χ0v) is 15.3. The van der Waals surface area contributed by atoms with Gasteiger partial charge in [0, 0.05) is 17.3 Å². The number of rotatable bonds is 6. The summed E-state index contributed by atoms with van der Waals surface area (Å²) in [5.74, 6) is -2.45. The number of para-hydroxylation sites is 1. The molecule has 3 rings (SSSR count). The number of amides is 2. The van der Waals surface area contributed by atoms with Crippen molar-refractivity contribution >= 4 is 29.7 Å². The van der Waals surface area contributed by atoms with Crippen LogP contribution in [-0.2, 0) is 9.59 Å². The van der Waals surface area contributed by atoms with Crippen molar-refractivity contribution < 1.29 is 23.1 Å². The van der Waals surface area contributed by atoms with Crippen molar-refractivity contribution in [3.8, 4) is 5.75 Å². The maximum Gasteiger partial charge on any atom is 0.252 e. The highest BCUT2D eigenvalue weighted by Gasteiger charge is 2.28. The maximum absolute atomic E-state index is 13.2. The number of aliphatic imine (C=N–C) groups is 1. The third kappa shape index (κ3) is 5.12. The highest BCUT2D eigenvalue weighted by molar-refractivity contribution is 6.07. The molecule has 29 heavy (non-hydrogen) atoms. The number of hydrogen-bond acceptors (Lipinski definition) is 6. The fourth-order valence-corrected chi connectivity index (χ4v) is 2.54. The Labute approximate surface area is 164 Å². The van der Waals surface area contributed by atoms with Crippen LogP contribution in [0.5, 0.6) is 5.75 Å². The molecule has 2 amide bonds. The highest BCUT2D eigenvalue weighted by Crippen LogP contribution is 2.15. The molecule has 0 radical (unpaired) electrons. The fraction of sp³-hybridized carbons (Fsp3) is 0.158. The van der Waals surface area contributed by atoms with Crippen LogP contribution >= 0.6 is 0 Å². The van der Waals surface area contributed by atoms with Crippen LogP contribution in [0.15, 0.2) is 52.6 Å². The van der Waals surface area contributed by atoms with Crippen molar-refractivity contribution in [3.63, 3.8) is 0 Å². The molecule has 0 saturated carbocycles. The van der Waals surface area contributed by atoms with E-state index in [1.807, 2.05) is 12.1 Å². The molecule has 1 aliphatic heterocycles. The lowest BCUT2D eigenvalue weighted by molar-refractivity contribution is -0.123. The molecule has 0 bridgehead atoms. The van der Waals surface area contributed by atoms with Gasteiger partial charge in [-0.25, -0.2) is 19.2 Å². The van der Waals surface area contributed by atoms with Crippen molar-refractivity contribution in [2.24, 2.45) is 10.1 Å². The van der Waals surface area contributed by atoms with Crippen molar-refractivity contribution in [2.75, 3.05) is 12.4 Å². The second-order valence-electron chi connectivity index (χ2n) is 5.98. The minimum atomic E-state index is -1.08. The number of hydrazone groups is 1. The molecule has 10 heteroatoms. The van der Waals surface area contributed by atoms with Crippen LogP contribution in [-0.4, -0.2) is 37.1 Å². The number of ether oxygens (including phenoxy) is 1. The zero-order chi connectivity index (χ0) is 20.8. The van der Waals surface area contributed by atoms with Gasteiger partial charge in [0.05, 0.1) is 19.7 Å². The molecular formula is C19H17F2N5O3.